The number of thiazole rings is 1. The second-order valence-corrected chi connectivity index (χ2v) is 10.0. The number of hydrogen-bond donors (Lipinski definition) is 1. The van der Waals surface area contributed by atoms with E-state index in [0.29, 0.717) is 39.5 Å². The molecular weight excluding hydrogens is 521 g/mol. The quantitative estimate of drug-likeness (QED) is 0.173. The van der Waals surface area contributed by atoms with Gasteiger partial charge in [-0.25, -0.2) is 4.98 Å². The molecular formula is C25H25F3N6OS2. The van der Waals surface area contributed by atoms with E-state index in [9.17, 15) is 18.0 Å². The third-order valence-corrected chi connectivity index (χ3v) is 7.38. The average Bonchev–Trinajstić information content (AvgIpc) is 3.55. The lowest BCUT2D eigenvalue weighted by molar-refractivity contribution is -0.137. The van der Waals surface area contributed by atoms with Crippen LogP contribution in [0.3, 0.4) is 0 Å². The van der Waals surface area contributed by atoms with E-state index in [1.165, 1.54) is 29.2 Å². The van der Waals surface area contributed by atoms with Crippen LogP contribution >= 0.6 is 23.1 Å². The first-order valence-corrected chi connectivity index (χ1v) is 13.6. The Morgan fingerprint density at radius 3 is 2.76 bits per heavy atom. The summed E-state index contributed by atoms with van der Waals surface area (Å²) in [6, 6.07) is 8.52. The largest absolute Gasteiger partial charge is 0.416 e. The fourth-order valence-corrected chi connectivity index (χ4v) is 5.30. The first kappa shape index (κ1) is 26.8. The maximum absolute atomic E-state index is 13.4. The van der Waals surface area contributed by atoms with Gasteiger partial charge in [-0.3, -0.25) is 14.3 Å². The lowest BCUT2D eigenvalue weighted by Gasteiger charge is -2.13. The SMILES string of the molecule is CCCCCCNC(=O)c1csc(CSc2nnc(-c3cccnc3)n2-c2cccc(C(F)(F)F)c2)n1. The van der Waals surface area contributed by atoms with Crippen LogP contribution in [0.4, 0.5) is 13.2 Å². The number of hydrogen-bond acceptors (Lipinski definition) is 7. The molecule has 0 bridgehead atoms. The lowest BCUT2D eigenvalue weighted by Crippen LogP contribution is -2.24. The van der Waals surface area contributed by atoms with Gasteiger partial charge in [0.25, 0.3) is 5.91 Å². The molecule has 12 heteroatoms. The number of amides is 1. The molecule has 0 fully saturated rings. The van der Waals surface area contributed by atoms with Crippen molar-refractivity contribution >= 4 is 29.0 Å². The smallest absolute Gasteiger partial charge is 0.351 e. The normalized spacial score (nSPS) is 11.6. The summed E-state index contributed by atoms with van der Waals surface area (Å²) in [6.07, 6.45) is 2.97. The molecule has 37 heavy (non-hydrogen) atoms. The van der Waals surface area contributed by atoms with E-state index in [1.807, 2.05) is 0 Å². The summed E-state index contributed by atoms with van der Waals surface area (Å²) in [5.41, 5.74) is 0.485. The van der Waals surface area contributed by atoms with Crippen LogP contribution in [0, 0.1) is 0 Å². The molecule has 0 saturated carbocycles. The zero-order chi connectivity index (χ0) is 26.3. The van der Waals surface area contributed by atoms with Gasteiger partial charge in [-0.05, 0) is 36.8 Å². The number of pyridine rings is 1. The molecule has 0 aliphatic carbocycles. The molecule has 1 aromatic carbocycles. The van der Waals surface area contributed by atoms with Crippen LogP contribution in [0.5, 0.6) is 0 Å². The van der Waals surface area contributed by atoms with Gasteiger partial charge in [0.15, 0.2) is 11.0 Å². The number of carbonyl (C=O) groups is 1. The topological polar surface area (TPSA) is 85.6 Å². The monoisotopic (exact) mass is 546 g/mol. The van der Waals surface area contributed by atoms with Gasteiger partial charge in [0.1, 0.15) is 10.7 Å². The summed E-state index contributed by atoms with van der Waals surface area (Å²) in [5.74, 6) is 0.533. The highest BCUT2D eigenvalue weighted by molar-refractivity contribution is 7.98. The number of carbonyl (C=O) groups excluding carboxylic acids is 1. The fraction of sp³-hybridized carbons (Fsp3) is 0.320. The molecule has 0 unspecified atom stereocenters. The lowest BCUT2D eigenvalue weighted by atomic mass is 10.2. The summed E-state index contributed by atoms with van der Waals surface area (Å²) in [7, 11) is 0. The number of alkyl halides is 3. The second kappa shape index (κ2) is 12.3. The van der Waals surface area contributed by atoms with Crippen LogP contribution in [0.25, 0.3) is 17.1 Å². The van der Waals surface area contributed by atoms with Crippen molar-refractivity contribution in [3.8, 4) is 17.1 Å². The Bertz CT molecular complexity index is 1320. The average molecular weight is 547 g/mol. The van der Waals surface area contributed by atoms with Crippen molar-refractivity contribution in [2.24, 2.45) is 0 Å². The molecule has 4 aromatic rings. The van der Waals surface area contributed by atoms with Crippen LogP contribution in [-0.4, -0.2) is 37.2 Å². The molecule has 0 aliphatic rings. The van der Waals surface area contributed by atoms with Gasteiger partial charge in [-0.1, -0.05) is 44.0 Å². The van der Waals surface area contributed by atoms with Gasteiger partial charge in [-0.2, -0.15) is 13.2 Å². The van der Waals surface area contributed by atoms with Crippen LogP contribution in [0.2, 0.25) is 0 Å². The van der Waals surface area contributed by atoms with Gasteiger partial charge in [0.2, 0.25) is 0 Å². The van der Waals surface area contributed by atoms with Crippen molar-refractivity contribution in [3.63, 3.8) is 0 Å². The first-order valence-electron chi connectivity index (χ1n) is 11.8. The number of unbranched alkanes of at least 4 members (excludes halogenated alkanes) is 3. The van der Waals surface area contributed by atoms with Crippen LogP contribution in [0.1, 0.15) is 53.7 Å². The Morgan fingerprint density at radius 2 is 2.00 bits per heavy atom. The molecule has 0 radical (unpaired) electrons. The summed E-state index contributed by atoms with van der Waals surface area (Å²) in [5, 5.41) is 14.2. The third-order valence-electron chi connectivity index (χ3n) is 5.41. The van der Waals surface area contributed by atoms with Gasteiger partial charge in [0.05, 0.1) is 17.0 Å². The van der Waals surface area contributed by atoms with Gasteiger partial charge in [-0.15, -0.1) is 21.5 Å². The van der Waals surface area contributed by atoms with Gasteiger partial charge < -0.3 is 5.32 Å². The number of halogens is 3. The van der Waals surface area contributed by atoms with Crippen LogP contribution in [0.15, 0.2) is 59.3 Å². The maximum Gasteiger partial charge on any atom is 0.416 e. The molecule has 0 saturated heterocycles. The molecule has 1 amide bonds. The van der Waals surface area contributed by atoms with Crippen molar-refractivity contribution in [1.82, 2.24) is 30.0 Å². The highest BCUT2D eigenvalue weighted by Gasteiger charge is 2.31. The van der Waals surface area contributed by atoms with Crippen LogP contribution in [-0.2, 0) is 11.9 Å². The van der Waals surface area contributed by atoms with E-state index in [1.54, 1.807) is 40.5 Å². The molecule has 0 spiro atoms. The minimum atomic E-state index is -4.49. The number of nitrogens with one attached hydrogen (secondary N) is 1. The zero-order valence-electron chi connectivity index (χ0n) is 20.0. The van der Waals surface area contributed by atoms with E-state index in [2.05, 4.69) is 32.4 Å². The van der Waals surface area contributed by atoms with Gasteiger partial charge >= 0.3 is 6.18 Å². The Labute approximate surface area is 220 Å². The summed E-state index contributed by atoms with van der Waals surface area (Å²) >= 11 is 2.63. The predicted molar refractivity (Wildman–Crippen MR) is 138 cm³/mol. The van der Waals surface area contributed by atoms with Gasteiger partial charge in [0, 0.05) is 29.9 Å². The summed E-state index contributed by atoms with van der Waals surface area (Å²) in [4.78, 5) is 20.9. The van der Waals surface area contributed by atoms with E-state index in [0.717, 1.165) is 37.8 Å². The molecule has 3 aromatic heterocycles. The number of aromatic nitrogens is 5. The standard InChI is InChI=1S/C25H25F3N6OS2/c1-2-3-4-5-12-30-23(35)20-15-36-21(31-20)16-37-24-33-32-22(17-8-7-11-29-14-17)34(24)19-10-6-9-18(13-19)25(26,27)28/h6-11,13-15H,2-5,12,16H2,1H3,(H,30,35). The Morgan fingerprint density at radius 1 is 1.14 bits per heavy atom. The number of benzene rings is 1. The minimum absolute atomic E-state index is 0.213. The minimum Gasteiger partial charge on any atom is -0.351 e. The number of thioether (sulfide) groups is 1. The molecule has 194 valence electrons. The van der Waals surface area contributed by atoms with Crippen molar-refractivity contribution in [2.45, 2.75) is 49.7 Å². The fourth-order valence-electron chi connectivity index (χ4n) is 3.55. The number of rotatable bonds is 11. The van der Waals surface area contributed by atoms with Crippen molar-refractivity contribution in [1.29, 1.82) is 0 Å². The summed E-state index contributed by atoms with van der Waals surface area (Å²) in [6.45, 7) is 2.74. The maximum atomic E-state index is 13.4. The van der Waals surface area contributed by atoms with E-state index < -0.39 is 11.7 Å². The Kier molecular flexibility index (Phi) is 8.93. The van der Waals surface area contributed by atoms with Crippen LogP contribution < -0.4 is 5.32 Å². The highest BCUT2D eigenvalue weighted by Crippen LogP contribution is 2.34. The molecule has 3 heterocycles. The summed E-state index contributed by atoms with van der Waals surface area (Å²) < 4.78 is 41.8. The van der Waals surface area contributed by atoms with Crippen molar-refractivity contribution in [3.05, 3.63) is 70.4 Å². The predicted octanol–water partition coefficient (Wildman–Crippen LogP) is 6.41. The second-order valence-electron chi connectivity index (χ2n) is 8.16. The van der Waals surface area contributed by atoms with E-state index in [4.69, 9.17) is 0 Å². The van der Waals surface area contributed by atoms with Crippen molar-refractivity contribution < 1.29 is 18.0 Å². The Balaban J connectivity index is 1.53. The van der Waals surface area contributed by atoms with E-state index >= 15 is 0 Å². The van der Waals surface area contributed by atoms with E-state index in [-0.39, 0.29) is 11.6 Å². The number of nitrogens with zero attached hydrogens (tertiary/aromatic N) is 5. The first-order chi connectivity index (χ1) is 17.9. The molecule has 0 atom stereocenters. The third kappa shape index (κ3) is 6.95. The zero-order valence-corrected chi connectivity index (χ0v) is 21.7. The molecule has 7 nitrogen and oxygen atoms in total. The Hall–Kier alpha value is -3.25. The van der Waals surface area contributed by atoms with Crippen molar-refractivity contribution in [2.75, 3.05) is 6.54 Å². The molecule has 1 N–H and O–H groups in total. The highest BCUT2D eigenvalue weighted by atomic mass is 32.2. The molecule has 0 aliphatic heterocycles. The molecule has 4 rings (SSSR count).